The second-order valence-electron chi connectivity index (χ2n) is 10.5. The molecule has 3 aliphatic rings. The SMILES string of the molecule is COC(=O)c1csc2c(-c3cc(Cl)ccc3OCCN3C(=C=O)C4=C(N=C3C)C3(CC3)CC(=C=O)C4)cc(C)nc12. The first-order valence-electron chi connectivity index (χ1n) is 13.2. The fourth-order valence-electron chi connectivity index (χ4n) is 5.80. The average molecular weight is 588 g/mol. The Morgan fingerprint density at radius 3 is 2.68 bits per heavy atom. The predicted molar refractivity (Wildman–Crippen MR) is 158 cm³/mol. The molecule has 0 amide bonds. The molecule has 8 nitrogen and oxygen atoms in total. The number of rotatable bonds is 6. The van der Waals surface area contributed by atoms with Crippen LogP contribution < -0.4 is 4.74 Å². The van der Waals surface area contributed by atoms with E-state index in [2.05, 4.69) is 16.9 Å². The van der Waals surface area contributed by atoms with Crippen LogP contribution in [0, 0.1) is 12.3 Å². The van der Waals surface area contributed by atoms with E-state index in [9.17, 15) is 14.4 Å². The number of aryl methyl sites for hydroxylation is 1. The highest BCUT2D eigenvalue weighted by atomic mass is 35.5. The van der Waals surface area contributed by atoms with E-state index in [4.69, 9.17) is 26.1 Å². The van der Waals surface area contributed by atoms with Crippen molar-refractivity contribution in [3.05, 3.63) is 68.5 Å². The van der Waals surface area contributed by atoms with Crippen LogP contribution in [0.3, 0.4) is 0 Å². The molecule has 1 aliphatic heterocycles. The molecule has 2 aromatic heterocycles. The molecule has 0 unspecified atom stereocenters. The van der Waals surface area contributed by atoms with Crippen LogP contribution in [0.2, 0.25) is 5.02 Å². The number of aliphatic imine (C=N–C) groups is 1. The Labute approximate surface area is 245 Å². The van der Waals surface area contributed by atoms with Crippen LogP contribution in [0.4, 0.5) is 0 Å². The minimum Gasteiger partial charge on any atom is -0.491 e. The first-order chi connectivity index (χ1) is 19.8. The summed E-state index contributed by atoms with van der Waals surface area (Å²) in [5, 5.41) is 2.28. The summed E-state index contributed by atoms with van der Waals surface area (Å²) in [5.74, 6) is 5.06. The number of carbonyl (C=O) groups is 1. The molecule has 2 aliphatic carbocycles. The van der Waals surface area contributed by atoms with Crippen molar-refractivity contribution in [1.82, 2.24) is 9.88 Å². The molecule has 208 valence electrons. The largest absolute Gasteiger partial charge is 0.491 e. The molecule has 0 N–H and O–H groups in total. The monoisotopic (exact) mass is 587 g/mol. The molecule has 6 rings (SSSR count). The zero-order valence-corrected chi connectivity index (χ0v) is 24.4. The number of carbonyl (C=O) groups excluding carboxylic acids is 3. The van der Waals surface area contributed by atoms with Crippen LogP contribution in [0.25, 0.3) is 21.3 Å². The van der Waals surface area contributed by atoms with Gasteiger partial charge >= 0.3 is 5.97 Å². The standard InChI is InChI=1S/C31H26ClN3O5S/c1-17-10-22(28-27(33-17)24(16-41-28)30(38)39-3)21-12-20(32)4-5-26(21)40-9-8-35-18(2)34-29-23(25(35)15-37)11-19(14-36)13-31(29)6-7-31/h4-5,10,12,16H,6-9,11,13H2,1-3H3. The van der Waals surface area contributed by atoms with Gasteiger partial charge in [-0.2, -0.15) is 0 Å². The number of ether oxygens (including phenoxy) is 2. The third-order valence-electron chi connectivity index (χ3n) is 7.91. The highest BCUT2D eigenvalue weighted by Crippen LogP contribution is 2.61. The molecule has 0 atom stereocenters. The maximum absolute atomic E-state index is 12.3. The lowest BCUT2D eigenvalue weighted by molar-refractivity contribution is 0.0603. The number of methoxy groups -OCH3 is 1. The fourth-order valence-corrected chi connectivity index (χ4v) is 6.98. The third kappa shape index (κ3) is 4.71. The molecular weight excluding hydrogens is 562 g/mol. The summed E-state index contributed by atoms with van der Waals surface area (Å²) in [6.45, 7) is 4.33. The van der Waals surface area contributed by atoms with Gasteiger partial charge in [-0.1, -0.05) is 11.6 Å². The van der Waals surface area contributed by atoms with Crippen molar-refractivity contribution >= 4 is 56.8 Å². The van der Waals surface area contributed by atoms with Crippen molar-refractivity contribution in [3.63, 3.8) is 0 Å². The molecule has 1 fully saturated rings. The average Bonchev–Trinajstić information content (AvgIpc) is 3.61. The summed E-state index contributed by atoms with van der Waals surface area (Å²) >= 11 is 7.82. The Morgan fingerprint density at radius 2 is 1.98 bits per heavy atom. The molecule has 0 bridgehead atoms. The predicted octanol–water partition coefficient (Wildman–Crippen LogP) is 6.13. The first-order valence-corrected chi connectivity index (χ1v) is 14.5. The Bertz CT molecular complexity index is 1790. The van der Waals surface area contributed by atoms with E-state index in [0.717, 1.165) is 45.6 Å². The highest BCUT2D eigenvalue weighted by molar-refractivity contribution is 7.18. The zero-order valence-electron chi connectivity index (χ0n) is 22.8. The number of nitrogens with zero attached hydrogens (tertiary/aromatic N) is 3. The topological polar surface area (TPSA) is 98.2 Å². The van der Waals surface area contributed by atoms with Crippen molar-refractivity contribution in [1.29, 1.82) is 0 Å². The number of hydrogen-bond donors (Lipinski definition) is 0. The normalized spacial score (nSPS) is 17.3. The maximum Gasteiger partial charge on any atom is 0.340 e. The number of allylic oxidation sites excluding steroid dienone is 3. The molecular formula is C31H26ClN3O5S. The van der Waals surface area contributed by atoms with Crippen LogP contribution in [0.15, 0.2) is 57.2 Å². The first kappa shape index (κ1) is 27.2. The molecule has 1 aromatic carbocycles. The summed E-state index contributed by atoms with van der Waals surface area (Å²) in [5.41, 5.74) is 5.94. The van der Waals surface area contributed by atoms with Crippen molar-refractivity contribution in [3.8, 4) is 16.9 Å². The fraction of sp³-hybridized carbons (Fsp3) is 0.323. The lowest BCUT2D eigenvalue weighted by Crippen LogP contribution is -2.38. The van der Waals surface area contributed by atoms with E-state index in [-0.39, 0.29) is 12.0 Å². The molecule has 1 spiro atoms. The summed E-state index contributed by atoms with van der Waals surface area (Å²) in [7, 11) is 1.35. The Morgan fingerprint density at radius 1 is 1.17 bits per heavy atom. The number of benzene rings is 1. The van der Waals surface area contributed by atoms with Gasteiger partial charge < -0.3 is 14.4 Å². The molecule has 3 heterocycles. The number of fused-ring (bicyclic) bond motifs is 2. The molecule has 0 radical (unpaired) electrons. The summed E-state index contributed by atoms with van der Waals surface area (Å²) < 4.78 is 12.1. The summed E-state index contributed by atoms with van der Waals surface area (Å²) in [4.78, 5) is 47.4. The van der Waals surface area contributed by atoms with E-state index in [0.29, 0.717) is 58.3 Å². The Balaban J connectivity index is 1.29. The number of thiophene rings is 1. The van der Waals surface area contributed by atoms with Crippen molar-refractivity contribution in [2.75, 3.05) is 20.3 Å². The van der Waals surface area contributed by atoms with E-state index < -0.39 is 5.97 Å². The van der Waals surface area contributed by atoms with E-state index in [1.165, 1.54) is 18.4 Å². The van der Waals surface area contributed by atoms with Crippen LogP contribution in [-0.4, -0.2) is 53.8 Å². The van der Waals surface area contributed by atoms with Crippen LogP contribution in [0.1, 0.15) is 48.7 Å². The van der Waals surface area contributed by atoms with Crippen LogP contribution in [0.5, 0.6) is 5.75 Å². The molecule has 1 saturated carbocycles. The van der Waals surface area contributed by atoms with Gasteiger partial charge in [-0.25, -0.2) is 19.4 Å². The number of amidine groups is 1. The Kier molecular flexibility index (Phi) is 6.92. The van der Waals surface area contributed by atoms with E-state index in [1.54, 1.807) is 11.4 Å². The minimum atomic E-state index is -0.444. The lowest BCUT2D eigenvalue weighted by Gasteiger charge is -2.36. The number of aromatic nitrogens is 1. The van der Waals surface area contributed by atoms with Crippen LogP contribution >= 0.6 is 22.9 Å². The van der Waals surface area contributed by atoms with Gasteiger partial charge in [-0.3, -0.25) is 4.98 Å². The second-order valence-corrected chi connectivity index (χ2v) is 11.9. The maximum atomic E-state index is 12.3. The number of hydrogen-bond acceptors (Lipinski definition) is 9. The van der Waals surface area contributed by atoms with Crippen molar-refractivity contribution in [2.24, 2.45) is 10.4 Å². The second kappa shape index (κ2) is 10.4. The molecule has 3 aromatic rings. The van der Waals surface area contributed by atoms with Gasteiger partial charge in [0, 0.05) is 50.2 Å². The van der Waals surface area contributed by atoms with Crippen molar-refractivity contribution < 1.29 is 23.9 Å². The van der Waals surface area contributed by atoms with Gasteiger partial charge in [0.05, 0.1) is 35.1 Å². The van der Waals surface area contributed by atoms with Gasteiger partial charge in [-0.05, 0) is 57.4 Å². The Hall–Kier alpha value is -4.00. The summed E-state index contributed by atoms with van der Waals surface area (Å²) in [6, 6.07) is 7.33. The van der Waals surface area contributed by atoms with Gasteiger partial charge in [0.25, 0.3) is 0 Å². The van der Waals surface area contributed by atoms with Gasteiger partial charge in [0.2, 0.25) is 0 Å². The smallest absolute Gasteiger partial charge is 0.340 e. The molecule has 41 heavy (non-hydrogen) atoms. The zero-order chi connectivity index (χ0) is 28.9. The summed E-state index contributed by atoms with van der Waals surface area (Å²) in [6.07, 6.45) is 2.94. The van der Waals surface area contributed by atoms with Gasteiger partial charge in [-0.15, -0.1) is 11.3 Å². The number of esters is 1. The minimum absolute atomic E-state index is 0.145. The molecule has 10 heteroatoms. The number of pyridine rings is 1. The highest BCUT2D eigenvalue weighted by Gasteiger charge is 2.52. The third-order valence-corrected chi connectivity index (χ3v) is 9.14. The number of halogens is 1. The van der Waals surface area contributed by atoms with Crippen LogP contribution in [-0.2, 0) is 14.3 Å². The van der Waals surface area contributed by atoms with Crippen molar-refractivity contribution in [2.45, 2.75) is 39.5 Å². The lowest BCUT2D eigenvalue weighted by atomic mass is 9.80. The van der Waals surface area contributed by atoms with E-state index in [1.807, 2.05) is 36.9 Å². The molecule has 0 saturated heterocycles. The quantitative estimate of drug-likeness (QED) is 0.253. The van der Waals surface area contributed by atoms with Gasteiger partial charge in [0.1, 0.15) is 29.8 Å². The van der Waals surface area contributed by atoms with E-state index >= 15 is 0 Å². The van der Waals surface area contributed by atoms with Gasteiger partial charge in [0.15, 0.2) is 5.94 Å².